The Hall–Kier alpha value is -3.99. The molecule has 2 aromatic carbocycles. The number of nitro groups is 1. The van der Waals surface area contributed by atoms with Gasteiger partial charge in [-0.05, 0) is 29.2 Å². The molecule has 0 amide bonds. The van der Waals surface area contributed by atoms with Gasteiger partial charge in [0.25, 0.3) is 5.69 Å². The van der Waals surface area contributed by atoms with Gasteiger partial charge in [0.2, 0.25) is 5.88 Å². The van der Waals surface area contributed by atoms with E-state index in [0.29, 0.717) is 23.3 Å². The van der Waals surface area contributed by atoms with Crippen LogP contribution >= 0.6 is 0 Å². The van der Waals surface area contributed by atoms with E-state index in [-0.39, 0.29) is 41.1 Å². The molecule has 2 aliphatic rings. The fourth-order valence-corrected chi connectivity index (χ4v) is 4.03. The van der Waals surface area contributed by atoms with E-state index in [4.69, 9.17) is 10.5 Å². The summed E-state index contributed by atoms with van der Waals surface area (Å²) in [6.07, 6.45) is 0.495. The second kappa shape index (κ2) is 7.44. The molecule has 4 rings (SSSR count). The molecule has 0 bridgehead atoms. The number of halogens is 1. The number of rotatable bonds is 3. The van der Waals surface area contributed by atoms with Gasteiger partial charge in [0.05, 0.1) is 10.8 Å². The van der Waals surface area contributed by atoms with Crippen LogP contribution in [-0.4, -0.2) is 10.7 Å². The van der Waals surface area contributed by atoms with Gasteiger partial charge in [-0.1, -0.05) is 24.3 Å². The van der Waals surface area contributed by atoms with Crippen molar-refractivity contribution in [1.29, 1.82) is 5.26 Å². The molecule has 0 saturated heterocycles. The first-order chi connectivity index (χ1) is 14.4. The highest BCUT2D eigenvalue weighted by Crippen LogP contribution is 2.47. The number of nitrogens with two attached hydrogens (primary N) is 1. The molecule has 2 atom stereocenters. The third-order valence-corrected chi connectivity index (χ3v) is 5.42. The van der Waals surface area contributed by atoms with Crippen molar-refractivity contribution < 1.29 is 18.8 Å². The van der Waals surface area contributed by atoms with E-state index in [9.17, 15) is 24.6 Å². The lowest BCUT2D eigenvalue weighted by molar-refractivity contribution is -0.384. The average Bonchev–Trinajstić information content (AvgIpc) is 2.73. The molecule has 30 heavy (non-hydrogen) atoms. The van der Waals surface area contributed by atoms with Gasteiger partial charge in [-0.2, -0.15) is 5.26 Å². The number of nitriles is 1. The van der Waals surface area contributed by atoms with Crippen LogP contribution in [0.15, 0.2) is 71.3 Å². The number of carbonyl (C=O) groups is 1. The SMILES string of the molecule is N#CC1=C(N)OC2=C(C(=O)C[C@H](c3ccc(F)cc3)C2)[C@H]1c1cccc([N+](=O)[O-])c1. The van der Waals surface area contributed by atoms with Crippen LogP contribution in [0.1, 0.15) is 35.8 Å². The zero-order valence-corrected chi connectivity index (χ0v) is 15.7. The van der Waals surface area contributed by atoms with E-state index < -0.39 is 10.8 Å². The maximum atomic E-state index is 13.3. The minimum absolute atomic E-state index is 0.0443. The van der Waals surface area contributed by atoms with Gasteiger partial charge in [0.1, 0.15) is 23.2 Å². The van der Waals surface area contributed by atoms with E-state index in [1.807, 2.05) is 6.07 Å². The molecule has 8 heteroatoms. The summed E-state index contributed by atoms with van der Waals surface area (Å²) >= 11 is 0. The van der Waals surface area contributed by atoms with Crippen LogP contribution in [0.3, 0.4) is 0 Å². The monoisotopic (exact) mass is 405 g/mol. The topological polar surface area (TPSA) is 119 Å². The number of nitrogens with zero attached hydrogens (tertiary/aromatic N) is 2. The van der Waals surface area contributed by atoms with E-state index in [0.717, 1.165) is 5.56 Å². The first kappa shape index (κ1) is 19.3. The number of ether oxygens (including phenoxy) is 1. The maximum absolute atomic E-state index is 13.3. The van der Waals surface area contributed by atoms with Crippen LogP contribution in [0.25, 0.3) is 0 Å². The van der Waals surface area contributed by atoms with Crippen molar-refractivity contribution in [1.82, 2.24) is 0 Å². The van der Waals surface area contributed by atoms with Crippen molar-refractivity contribution in [2.45, 2.75) is 24.7 Å². The number of Topliss-reactive ketones (excluding diaryl/α,β-unsaturated/α-hetero) is 1. The summed E-state index contributed by atoms with van der Waals surface area (Å²) in [4.78, 5) is 23.8. The Morgan fingerprint density at radius 3 is 2.57 bits per heavy atom. The fourth-order valence-electron chi connectivity index (χ4n) is 4.03. The molecule has 0 fully saturated rings. The van der Waals surface area contributed by atoms with Gasteiger partial charge in [-0.25, -0.2) is 4.39 Å². The summed E-state index contributed by atoms with van der Waals surface area (Å²) in [6, 6.07) is 13.7. The Labute approximate surface area is 171 Å². The molecule has 1 aliphatic carbocycles. The number of carbonyl (C=O) groups excluding carboxylic acids is 1. The summed E-state index contributed by atoms with van der Waals surface area (Å²) in [5.74, 6) is -1.44. The number of hydrogen-bond acceptors (Lipinski definition) is 6. The molecule has 0 saturated carbocycles. The molecule has 150 valence electrons. The second-order valence-electron chi connectivity index (χ2n) is 7.19. The molecule has 1 heterocycles. The molecule has 0 radical (unpaired) electrons. The Morgan fingerprint density at radius 2 is 1.90 bits per heavy atom. The van der Waals surface area contributed by atoms with Gasteiger partial charge < -0.3 is 10.5 Å². The smallest absolute Gasteiger partial charge is 0.269 e. The molecular formula is C22H16FN3O4. The van der Waals surface area contributed by atoms with Crippen molar-refractivity contribution in [3.8, 4) is 6.07 Å². The summed E-state index contributed by atoms with van der Waals surface area (Å²) in [7, 11) is 0. The third kappa shape index (κ3) is 3.31. The lowest BCUT2D eigenvalue weighted by Crippen LogP contribution is -2.29. The van der Waals surface area contributed by atoms with Crippen LogP contribution in [0.5, 0.6) is 0 Å². The highest BCUT2D eigenvalue weighted by Gasteiger charge is 2.41. The summed E-state index contributed by atoms with van der Waals surface area (Å²) in [6.45, 7) is 0. The Kier molecular flexibility index (Phi) is 4.80. The van der Waals surface area contributed by atoms with Crippen LogP contribution in [0.4, 0.5) is 10.1 Å². The first-order valence-corrected chi connectivity index (χ1v) is 9.22. The van der Waals surface area contributed by atoms with E-state index in [1.165, 1.54) is 30.3 Å². The largest absolute Gasteiger partial charge is 0.444 e. The molecule has 7 nitrogen and oxygen atoms in total. The second-order valence-corrected chi connectivity index (χ2v) is 7.19. The number of allylic oxidation sites excluding steroid dienone is 3. The van der Waals surface area contributed by atoms with Gasteiger partial charge in [-0.3, -0.25) is 14.9 Å². The minimum atomic E-state index is -0.833. The zero-order chi connectivity index (χ0) is 21.4. The first-order valence-electron chi connectivity index (χ1n) is 9.22. The number of hydrogen-bond donors (Lipinski definition) is 1. The van der Waals surface area contributed by atoms with Crippen molar-refractivity contribution in [3.05, 3.63) is 98.4 Å². The van der Waals surface area contributed by atoms with E-state index >= 15 is 0 Å². The van der Waals surface area contributed by atoms with Crippen LogP contribution in [-0.2, 0) is 9.53 Å². The highest BCUT2D eigenvalue weighted by molar-refractivity contribution is 6.00. The quantitative estimate of drug-likeness (QED) is 0.610. The van der Waals surface area contributed by atoms with E-state index in [2.05, 4.69) is 0 Å². The van der Waals surface area contributed by atoms with Crippen molar-refractivity contribution in [2.75, 3.05) is 0 Å². The number of nitro benzene ring substituents is 1. The molecule has 2 aromatic rings. The predicted octanol–water partition coefficient (Wildman–Crippen LogP) is 3.94. The highest BCUT2D eigenvalue weighted by atomic mass is 19.1. The van der Waals surface area contributed by atoms with Crippen molar-refractivity contribution in [2.24, 2.45) is 5.73 Å². The van der Waals surface area contributed by atoms with Crippen LogP contribution in [0.2, 0.25) is 0 Å². The Balaban J connectivity index is 1.79. The maximum Gasteiger partial charge on any atom is 0.269 e. The number of non-ortho nitro benzene ring substituents is 1. The molecular weight excluding hydrogens is 389 g/mol. The number of ketones is 1. The van der Waals surface area contributed by atoms with Gasteiger partial charge >= 0.3 is 0 Å². The lowest BCUT2D eigenvalue weighted by Gasteiger charge is -2.34. The summed E-state index contributed by atoms with van der Waals surface area (Å²) < 4.78 is 18.9. The molecule has 0 spiro atoms. The molecule has 0 unspecified atom stereocenters. The Bertz CT molecular complexity index is 1160. The standard InChI is InChI=1S/C22H16FN3O4/c23-15-6-4-12(5-7-15)14-9-18(27)21-19(10-14)30-22(25)17(11-24)20(21)13-2-1-3-16(8-13)26(28)29/h1-8,14,20H,9-10,25H2/t14-,20-/m0/s1. The van der Waals surface area contributed by atoms with Gasteiger partial charge in [-0.15, -0.1) is 0 Å². The lowest BCUT2D eigenvalue weighted by atomic mass is 9.73. The normalized spacial score (nSPS) is 21.0. The number of benzene rings is 2. The van der Waals surface area contributed by atoms with Gasteiger partial charge in [0, 0.05) is 30.5 Å². The van der Waals surface area contributed by atoms with Crippen molar-refractivity contribution >= 4 is 11.5 Å². The predicted molar refractivity (Wildman–Crippen MR) is 104 cm³/mol. The average molecular weight is 405 g/mol. The summed E-state index contributed by atoms with van der Waals surface area (Å²) in [5, 5.41) is 20.8. The fraction of sp³-hybridized carbons (Fsp3) is 0.182. The zero-order valence-electron chi connectivity index (χ0n) is 15.7. The van der Waals surface area contributed by atoms with Crippen LogP contribution in [0, 0.1) is 27.3 Å². The van der Waals surface area contributed by atoms with E-state index in [1.54, 1.807) is 18.2 Å². The van der Waals surface area contributed by atoms with Gasteiger partial charge in [0.15, 0.2) is 5.78 Å². The molecule has 0 aromatic heterocycles. The van der Waals surface area contributed by atoms with Crippen molar-refractivity contribution in [3.63, 3.8) is 0 Å². The molecule has 1 aliphatic heterocycles. The third-order valence-electron chi connectivity index (χ3n) is 5.42. The molecule has 2 N–H and O–H groups in total. The summed E-state index contributed by atoms with van der Waals surface area (Å²) in [5.41, 5.74) is 7.38. The minimum Gasteiger partial charge on any atom is -0.444 e. The Morgan fingerprint density at radius 1 is 1.17 bits per heavy atom. The van der Waals surface area contributed by atoms with Crippen LogP contribution < -0.4 is 5.73 Å².